The van der Waals surface area contributed by atoms with Gasteiger partial charge in [0.2, 0.25) is 0 Å². The summed E-state index contributed by atoms with van der Waals surface area (Å²) in [5.74, 6) is -0.0122. The molecule has 2 N–H and O–H groups in total. The number of carbonyl (C=O) groups is 1. The number of anilines is 1. The maximum absolute atomic E-state index is 11.9. The fourth-order valence-electron chi connectivity index (χ4n) is 2.45. The van der Waals surface area contributed by atoms with Crippen molar-refractivity contribution in [2.75, 3.05) is 19.4 Å². The van der Waals surface area contributed by atoms with Crippen molar-refractivity contribution in [1.82, 2.24) is 10.2 Å². The Kier molecular flexibility index (Phi) is 6.95. The van der Waals surface area contributed by atoms with Crippen LogP contribution in [0, 0.1) is 0 Å². The minimum atomic E-state index is -0.0122. The fraction of sp³-hybridized carbons (Fsp3) is 0.300. The van der Waals surface area contributed by atoms with Gasteiger partial charge in [0.25, 0.3) is 5.91 Å². The average Bonchev–Trinajstić information content (AvgIpc) is 2.60. The number of nitrogens with zero attached hydrogens (tertiary/aromatic N) is 1. The molecule has 0 radical (unpaired) electrons. The quantitative estimate of drug-likeness (QED) is 0.776. The van der Waals surface area contributed by atoms with E-state index in [2.05, 4.69) is 41.8 Å². The highest BCUT2D eigenvalue weighted by Crippen LogP contribution is 2.11. The van der Waals surface area contributed by atoms with Crippen molar-refractivity contribution in [1.29, 1.82) is 0 Å². The van der Waals surface area contributed by atoms with E-state index in [1.807, 2.05) is 18.2 Å². The second-order valence-corrected chi connectivity index (χ2v) is 6.71. The van der Waals surface area contributed by atoms with Crippen LogP contribution in [0.4, 0.5) is 5.69 Å². The molecule has 0 spiro atoms. The summed E-state index contributed by atoms with van der Waals surface area (Å²) < 4.78 is 0. The Morgan fingerprint density at radius 2 is 1.72 bits per heavy atom. The van der Waals surface area contributed by atoms with Gasteiger partial charge in [-0.15, -0.1) is 0 Å². The normalized spacial score (nSPS) is 11.5. The van der Waals surface area contributed by atoms with Gasteiger partial charge < -0.3 is 15.5 Å². The number of rotatable bonds is 6. The Balaban J connectivity index is 1.80. The van der Waals surface area contributed by atoms with Crippen molar-refractivity contribution >= 4 is 28.9 Å². The molecule has 0 aliphatic carbocycles. The van der Waals surface area contributed by atoms with Gasteiger partial charge in [-0.05, 0) is 61.8 Å². The number of hydrogen-bond donors (Lipinski definition) is 2. The van der Waals surface area contributed by atoms with Crippen LogP contribution in [-0.2, 0) is 6.42 Å². The largest absolute Gasteiger partial charge is 0.360 e. The van der Waals surface area contributed by atoms with Gasteiger partial charge in [0, 0.05) is 31.4 Å². The maximum atomic E-state index is 11.9. The zero-order valence-corrected chi connectivity index (χ0v) is 15.8. The molecule has 0 aliphatic rings. The fourth-order valence-corrected chi connectivity index (χ4v) is 2.76. The first-order valence-corrected chi connectivity index (χ1v) is 8.79. The number of benzene rings is 2. The molecule has 0 aromatic heterocycles. The summed E-state index contributed by atoms with van der Waals surface area (Å²) in [4.78, 5) is 13.4. The van der Waals surface area contributed by atoms with E-state index >= 15 is 0 Å². The highest BCUT2D eigenvalue weighted by molar-refractivity contribution is 7.80. The number of thiocarbonyl (C=S) groups is 1. The van der Waals surface area contributed by atoms with E-state index in [1.54, 1.807) is 31.1 Å². The molecule has 132 valence electrons. The van der Waals surface area contributed by atoms with Crippen molar-refractivity contribution in [3.8, 4) is 0 Å². The lowest BCUT2D eigenvalue weighted by Gasteiger charge is -2.17. The molecule has 1 atom stereocenters. The van der Waals surface area contributed by atoms with Gasteiger partial charge in [0.05, 0.1) is 0 Å². The Morgan fingerprint density at radius 1 is 1.08 bits per heavy atom. The van der Waals surface area contributed by atoms with Crippen LogP contribution in [0.5, 0.6) is 0 Å². The van der Waals surface area contributed by atoms with E-state index in [0.717, 1.165) is 18.5 Å². The van der Waals surface area contributed by atoms with Gasteiger partial charge in [0.15, 0.2) is 5.11 Å². The van der Waals surface area contributed by atoms with E-state index in [0.29, 0.717) is 10.7 Å². The zero-order chi connectivity index (χ0) is 18.2. The third kappa shape index (κ3) is 6.19. The van der Waals surface area contributed by atoms with Crippen molar-refractivity contribution < 1.29 is 4.79 Å². The molecule has 1 amide bonds. The van der Waals surface area contributed by atoms with Crippen molar-refractivity contribution in [2.24, 2.45) is 0 Å². The topological polar surface area (TPSA) is 44.4 Å². The SMILES string of the molecule is CC(CCc1ccccc1)NC(=S)Nc1ccc(C(=O)N(C)C)cc1. The third-order valence-corrected chi connectivity index (χ3v) is 4.10. The van der Waals surface area contributed by atoms with Crippen molar-refractivity contribution in [3.63, 3.8) is 0 Å². The minimum Gasteiger partial charge on any atom is -0.360 e. The van der Waals surface area contributed by atoms with Gasteiger partial charge in [-0.25, -0.2) is 0 Å². The van der Waals surface area contributed by atoms with Gasteiger partial charge in [-0.3, -0.25) is 4.79 Å². The summed E-state index contributed by atoms with van der Waals surface area (Å²) in [7, 11) is 3.48. The summed E-state index contributed by atoms with van der Waals surface area (Å²) in [6.45, 7) is 2.12. The van der Waals surface area contributed by atoms with Gasteiger partial charge in [-0.2, -0.15) is 0 Å². The summed E-state index contributed by atoms with van der Waals surface area (Å²) in [6, 6.07) is 18.0. The highest BCUT2D eigenvalue weighted by atomic mass is 32.1. The zero-order valence-electron chi connectivity index (χ0n) is 15.0. The Morgan fingerprint density at radius 3 is 2.32 bits per heavy atom. The molecular weight excluding hydrogens is 330 g/mol. The molecule has 4 nitrogen and oxygen atoms in total. The van der Waals surface area contributed by atoms with E-state index in [1.165, 1.54) is 5.56 Å². The number of amides is 1. The first-order valence-electron chi connectivity index (χ1n) is 8.39. The Labute approximate surface area is 155 Å². The molecule has 0 heterocycles. The second-order valence-electron chi connectivity index (χ2n) is 6.30. The molecule has 2 aromatic carbocycles. The summed E-state index contributed by atoms with van der Waals surface area (Å²) in [5, 5.41) is 7.05. The van der Waals surface area contributed by atoms with E-state index < -0.39 is 0 Å². The lowest BCUT2D eigenvalue weighted by Crippen LogP contribution is -2.36. The first-order chi connectivity index (χ1) is 12.0. The molecule has 0 bridgehead atoms. The van der Waals surface area contributed by atoms with Crippen LogP contribution in [0.1, 0.15) is 29.3 Å². The Hall–Kier alpha value is -2.40. The van der Waals surface area contributed by atoms with Crippen LogP contribution in [0.2, 0.25) is 0 Å². The van der Waals surface area contributed by atoms with Gasteiger partial charge >= 0.3 is 0 Å². The van der Waals surface area contributed by atoms with Gasteiger partial charge in [0.1, 0.15) is 0 Å². The predicted molar refractivity (Wildman–Crippen MR) is 108 cm³/mol. The lowest BCUT2D eigenvalue weighted by atomic mass is 10.1. The minimum absolute atomic E-state index is 0.0122. The predicted octanol–water partition coefficient (Wildman–Crippen LogP) is 3.70. The average molecular weight is 356 g/mol. The maximum Gasteiger partial charge on any atom is 0.253 e. The molecule has 5 heteroatoms. The van der Waals surface area contributed by atoms with Crippen LogP contribution in [0.15, 0.2) is 54.6 Å². The highest BCUT2D eigenvalue weighted by Gasteiger charge is 2.08. The number of aryl methyl sites for hydroxylation is 1. The molecule has 2 rings (SSSR count). The monoisotopic (exact) mass is 355 g/mol. The van der Waals surface area contributed by atoms with Gasteiger partial charge in [-0.1, -0.05) is 30.3 Å². The molecule has 25 heavy (non-hydrogen) atoms. The van der Waals surface area contributed by atoms with E-state index in [9.17, 15) is 4.79 Å². The Bertz CT molecular complexity index is 699. The molecule has 0 fully saturated rings. The summed E-state index contributed by atoms with van der Waals surface area (Å²) >= 11 is 5.37. The molecule has 2 aromatic rings. The standard InChI is InChI=1S/C20H25N3OS/c1-15(9-10-16-7-5-4-6-8-16)21-20(25)22-18-13-11-17(12-14-18)19(24)23(2)3/h4-8,11-15H,9-10H2,1-3H3,(H2,21,22,25). The number of hydrogen-bond acceptors (Lipinski definition) is 2. The van der Waals surface area contributed by atoms with E-state index in [4.69, 9.17) is 12.2 Å². The van der Waals surface area contributed by atoms with Crippen LogP contribution in [0.3, 0.4) is 0 Å². The molecule has 0 saturated heterocycles. The van der Waals surface area contributed by atoms with Crippen LogP contribution < -0.4 is 10.6 Å². The number of carbonyl (C=O) groups excluding carboxylic acids is 1. The van der Waals surface area contributed by atoms with E-state index in [-0.39, 0.29) is 11.9 Å². The molecule has 1 unspecified atom stereocenters. The smallest absolute Gasteiger partial charge is 0.253 e. The second kappa shape index (κ2) is 9.18. The number of nitrogens with one attached hydrogen (secondary N) is 2. The first kappa shape index (κ1) is 18.9. The summed E-state index contributed by atoms with van der Waals surface area (Å²) in [6.07, 6.45) is 2.01. The lowest BCUT2D eigenvalue weighted by molar-refractivity contribution is 0.0827. The molecular formula is C20H25N3OS. The van der Waals surface area contributed by atoms with Crippen molar-refractivity contribution in [2.45, 2.75) is 25.8 Å². The van der Waals surface area contributed by atoms with Crippen LogP contribution in [0.25, 0.3) is 0 Å². The third-order valence-electron chi connectivity index (χ3n) is 3.88. The summed E-state index contributed by atoms with van der Waals surface area (Å²) in [5.41, 5.74) is 2.85. The van der Waals surface area contributed by atoms with Crippen LogP contribution in [-0.4, -0.2) is 36.1 Å². The van der Waals surface area contributed by atoms with Crippen molar-refractivity contribution in [3.05, 3.63) is 65.7 Å². The molecule has 0 aliphatic heterocycles. The molecule has 0 saturated carbocycles. The van der Waals surface area contributed by atoms with Crippen LogP contribution >= 0.6 is 12.2 Å².